The van der Waals surface area contributed by atoms with Gasteiger partial charge in [0.15, 0.2) is 0 Å². The quantitative estimate of drug-likeness (QED) is 0.915. The van der Waals surface area contributed by atoms with Crippen LogP contribution < -0.4 is 4.90 Å². The minimum atomic E-state index is -0.749. The highest BCUT2D eigenvalue weighted by atomic mass is 16.6. The smallest absolute Gasteiger partial charge is 0.410 e. The van der Waals surface area contributed by atoms with E-state index in [0.717, 1.165) is 37.6 Å². The van der Waals surface area contributed by atoms with Crippen LogP contribution in [-0.4, -0.2) is 61.6 Å². The Bertz CT molecular complexity index is 533. The van der Waals surface area contributed by atoms with Crippen molar-refractivity contribution in [3.8, 4) is 0 Å². The molecule has 1 fully saturated rings. The first kappa shape index (κ1) is 18.5. The lowest BCUT2D eigenvalue weighted by Crippen LogP contribution is -2.36. The third-order valence-corrected chi connectivity index (χ3v) is 3.81. The van der Waals surface area contributed by atoms with Gasteiger partial charge in [-0.25, -0.2) is 4.79 Å². The Morgan fingerprint density at radius 3 is 2.42 bits per heavy atom. The first-order chi connectivity index (χ1) is 11.3. The number of carbonyl (C=O) groups excluding carboxylic acids is 1. The molecule has 24 heavy (non-hydrogen) atoms. The van der Waals surface area contributed by atoms with Gasteiger partial charge in [-0.1, -0.05) is 12.1 Å². The standard InChI is InChI=1S/C18H28N2O4/c1-18(2,3)24-17(22)19(4)13-16(21)14-5-7-15(8-6-14)20-9-11-23-12-10-20/h5-8,16,21H,9-13H2,1-4H3. The third kappa shape index (κ3) is 5.39. The number of benzene rings is 1. The van der Waals surface area contributed by atoms with Crippen LogP contribution in [0.1, 0.15) is 32.4 Å². The van der Waals surface area contributed by atoms with Gasteiger partial charge in [-0.05, 0) is 38.5 Å². The second-order valence-electron chi connectivity index (χ2n) is 7.07. The predicted octanol–water partition coefficient (Wildman–Crippen LogP) is 2.42. The van der Waals surface area contributed by atoms with Crippen LogP contribution in [0.3, 0.4) is 0 Å². The second kappa shape index (κ2) is 7.85. The van der Waals surface area contributed by atoms with E-state index in [-0.39, 0.29) is 6.54 Å². The molecule has 6 heteroatoms. The number of nitrogens with zero attached hydrogens (tertiary/aromatic N) is 2. The van der Waals surface area contributed by atoms with Crippen LogP contribution in [0.5, 0.6) is 0 Å². The number of hydrogen-bond acceptors (Lipinski definition) is 5. The zero-order valence-corrected chi connectivity index (χ0v) is 15.0. The van der Waals surface area contributed by atoms with Crippen molar-refractivity contribution in [2.24, 2.45) is 0 Å². The summed E-state index contributed by atoms with van der Waals surface area (Å²) >= 11 is 0. The Hall–Kier alpha value is -1.79. The Kier molecular flexibility index (Phi) is 6.07. The molecule has 134 valence electrons. The van der Waals surface area contributed by atoms with Crippen LogP contribution in [0.25, 0.3) is 0 Å². The lowest BCUT2D eigenvalue weighted by Gasteiger charge is -2.29. The maximum absolute atomic E-state index is 12.0. The van der Waals surface area contributed by atoms with Gasteiger partial charge < -0.3 is 24.4 Å². The molecule has 1 amide bonds. The maximum atomic E-state index is 12.0. The van der Waals surface area contributed by atoms with Crippen LogP contribution in [0.2, 0.25) is 0 Å². The van der Waals surface area contributed by atoms with Crippen molar-refractivity contribution in [3.05, 3.63) is 29.8 Å². The molecule has 1 heterocycles. The first-order valence-corrected chi connectivity index (χ1v) is 8.31. The van der Waals surface area contributed by atoms with Crippen LogP contribution >= 0.6 is 0 Å². The van der Waals surface area contributed by atoms with E-state index in [9.17, 15) is 9.90 Å². The maximum Gasteiger partial charge on any atom is 0.410 e. The van der Waals surface area contributed by atoms with Gasteiger partial charge in [0.25, 0.3) is 0 Å². The Balaban J connectivity index is 1.92. The topological polar surface area (TPSA) is 62.2 Å². The van der Waals surface area contributed by atoms with E-state index < -0.39 is 17.8 Å². The van der Waals surface area contributed by atoms with Gasteiger partial charge in [-0.3, -0.25) is 0 Å². The summed E-state index contributed by atoms with van der Waals surface area (Å²) in [4.78, 5) is 15.6. The number of rotatable bonds is 4. The summed E-state index contributed by atoms with van der Waals surface area (Å²) in [7, 11) is 1.62. The number of carbonyl (C=O) groups is 1. The molecule has 0 spiro atoms. The lowest BCUT2D eigenvalue weighted by molar-refractivity contribution is 0.0205. The summed E-state index contributed by atoms with van der Waals surface area (Å²) in [5, 5.41) is 10.4. The summed E-state index contributed by atoms with van der Waals surface area (Å²) in [5.41, 5.74) is 1.35. The summed E-state index contributed by atoms with van der Waals surface area (Å²) < 4.78 is 10.6. The van der Waals surface area contributed by atoms with Crippen LogP contribution in [0.4, 0.5) is 10.5 Å². The Labute approximate surface area is 144 Å². The highest BCUT2D eigenvalue weighted by molar-refractivity contribution is 5.67. The molecule has 6 nitrogen and oxygen atoms in total. The molecule has 1 N–H and O–H groups in total. The van der Waals surface area contributed by atoms with Crippen molar-refractivity contribution < 1.29 is 19.4 Å². The number of amides is 1. The lowest BCUT2D eigenvalue weighted by atomic mass is 10.1. The molecule has 1 aromatic carbocycles. The molecule has 0 aromatic heterocycles. The number of morpholine rings is 1. The summed E-state index contributed by atoms with van der Waals surface area (Å²) in [6.45, 7) is 8.88. The number of likely N-dealkylation sites (N-methyl/N-ethyl adjacent to an activating group) is 1. The summed E-state index contributed by atoms with van der Waals surface area (Å²) in [6.07, 6.45) is -1.19. The molecule has 1 aliphatic rings. The normalized spacial score (nSPS) is 16.6. The number of hydrogen-bond donors (Lipinski definition) is 1. The van der Waals surface area contributed by atoms with Crippen molar-refractivity contribution in [1.29, 1.82) is 0 Å². The van der Waals surface area contributed by atoms with E-state index in [1.54, 1.807) is 7.05 Å². The summed E-state index contributed by atoms with van der Waals surface area (Å²) in [6, 6.07) is 7.80. The molecular weight excluding hydrogens is 308 g/mol. The summed E-state index contributed by atoms with van der Waals surface area (Å²) in [5.74, 6) is 0. The fraction of sp³-hybridized carbons (Fsp3) is 0.611. The molecule has 1 aliphatic heterocycles. The number of ether oxygens (including phenoxy) is 2. The van der Waals surface area contributed by atoms with E-state index in [1.165, 1.54) is 4.90 Å². The van der Waals surface area contributed by atoms with Crippen molar-refractivity contribution in [1.82, 2.24) is 4.90 Å². The largest absolute Gasteiger partial charge is 0.444 e. The van der Waals surface area contributed by atoms with Gasteiger partial charge in [0.05, 0.1) is 25.9 Å². The molecule has 1 saturated heterocycles. The van der Waals surface area contributed by atoms with Crippen LogP contribution in [0.15, 0.2) is 24.3 Å². The average Bonchev–Trinajstić information content (AvgIpc) is 2.54. The van der Waals surface area contributed by atoms with Crippen molar-refractivity contribution in [3.63, 3.8) is 0 Å². The van der Waals surface area contributed by atoms with Crippen molar-refractivity contribution >= 4 is 11.8 Å². The molecule has 0 bridgehead atoms. The zero-order chi connectivity index (χ0) is 17.7. The van der Waals surface area contributed by atoms with E-state index in [1.807, 2.05) is 45.0 Å². The molecule has 1 aromatic rings. The third-order valence-electron chi connectivity index (χ3n) is 3.81. The van der Waals surface area contributed by atoms with Crippen LogP contribution in [0, 0.1) is 0 Å². The highest BCUT2D eigenvalue weighted by Gasteiger charge is 2.22. The Morgan fingerprint density at radius 1 is 1.29 bits per heavy atom. The average molecular weight is 336 g/mol. The second-order valence-corrected chi connectivity index (χ2v) is 7.07. The molecule has 0 aliphatic carbocycles. The minimum absolute atomic E-state index is 0.186. The first-order valence-electron chi connectivity index (χ1n) is 8.31. The van der Waals surface area contributed by atoms with Gasteiger partial charge in [0, 0.05) is 25.8 Å². The van der Waals surface area contributed by atoms with E-state index in [4.69, 9.17) is 9.47 Å². The van der Waals surface area contributed by atoms with Gasteiger partial charge in [-0.15, -0.1) is 0 Å². The monoisotopic (exact) mass is 336 g/mol. The number of anilines is 1. The van der Waals surface area contributed by atoms with Gasteiger partial charge >= 0.3 is 6.09 Å². The van der Waals surface area contributed by atoms with Gasteiger partial charge in [-0.2, -0.15) is 0 Å². The SMILES string of the molecule is CN(CC(O)c1ccc(N2CCOCC2)cc1)C(=O)OC(C)(C)C. The minimum Gasteiger partial charge on any atom is -0.444 e. The number of aliphatic hydroxyl groups is 1. The van der Waals surface area contributed by atoms with Gasteiger partial charge in [0.2, 0.25) is 0 Å². The van der Waals surface area contributed by atoms with E-state index in [0.29, 0.717) is 0 Å². The molecule has 0 radical (unpaired) electrons. The van der Waals surface area contributed by atoms with Crippen molar-refractivity contribution in [2.45, 2.75) is 32.5 Å². The zero-order valence-electron chi connectivity index (χ0n) is 15.0. The highest BCUT2D eigenvalue weighted by Crippen LogP contribution is 2.21. The van der Waals surface area contributed by atoms with Gasteiger partial charge in [0.1, 0.15) is 5.60 Å². The molecular formula is C18H28N2O4. The molecule has 2 rings (SSSR count). The molecule has 0 saturated carbocycles. The van der Waals surface area contributed by atoms with E-state index >= 15 is 0 Å². The van der Waals surface area contributed by atoms with E-state index in [2.05, 4.69) is 4.90 Å². The molecule has 1 atom stereocenters. The van der Waals surface area contributed by atoms with Crippen LogP contribution in [-0.2, 0) is 9.47 Å². The molecule has 1 unspecified atom stereocenters. The van der Waals surface area contributed by atoms with Crippen molar-refractivity contribution in [2.75, 3.05) is 44.8 Å². The predicted molar refractivity (Wildman–Crippen MR) is 93.3 cm³/mol. The Morgan fingerprint density at radius 2 is 1.88 bits per heavy atom. The fourth-order valence-electron chi connectivity index (χ4n) is 2.51. The number of aliphatic hydroxyl groups excluding tert-OH is 1. The fourth-order valence-corrected chi connectivity index (χ4v) is 2.51.